The minimum Gasteiger partial charge on any atom is -0.324 e. The third kappa shape index (κ3) is 3.72. The normalized spacial score (nSPS) is 10.9. The van der Waals surface area contributed by atoms with Gasteiger partial charge in [-0.1, -0.05) is 23.4 Å². The van der Waals surface area contributed by atoms with E-state index in [1.165, 1.54) is 23.5 Å². The lowest BCUT2D eigenvalue weighted by Crippen LogP contribution is -2.15. The molecule has 0 aliphatic heterocycles. The number of hydrogen-bond donors (Lipinski definition) is 2. The number of nitrogens with one attached hydrogen (secondary N) is 2. The molecule has 0 unspecified atom stereocenters. The van der Waals surface area contributed by atoms with Crippen LogP contribution in [0.15, 0.2) is 39.6 Å². The molecule has 23 heavy (non-hydrogen) atoms. The standard InChI is InChI=1S/C14H9ClFN3O2S2/c15-8-2-1-7(16)5-10(8)17-11(20)6-23-14-18-9-3-4-22-12(9)13(21)19-14/h1-5H,6H2,(H,17,20)(H,18,19,21). The summed E-state index contributed by atoms with van der Waals surface area (Å²) in [5, 5.41) is 4.89. The summed E-state index contributed by atoms with van der Waals surface area (Å²) in [5.41, 5.74) is 0.558. The molecule has 0 atom stereocenters. The van der Waals surface area contributed by atoms with E-state index in [2.05, 4.69) is 15.3 Å². The highest BCUT2D eigenvalue weighted by Gasteiger charge is 2.10. The molecule has 2 heterocycles. The maximum atomic E-state index is 13.1. The van der Waals surface area contributed by atoms with Crippen LogP contribution in [0.2, 0.25) is 5.02 Å². The number of halogens is 2. The van der Waals surface area contributed by atoms with E-state index >= 15 is 0 Å². The number of anilines is 1. The Balaban J connectivity index is 1.68. The molecular formula is C14H9ClFN3O2S2. The largest absolute Gasteiger partial charge is 0.324 e. The number of amides is 1. The number of aromatic nitrogens is 2. The molecule has 0 spiro atoms. The average molecular weight is 370 g/mol. The number of H-pyrrole nitrogens is 1. The molecule has 0 saturated carbocycles. The number of fused-ring (bicyclic) bond motifs is 1. The number of hydrogen-bond acceptors (Lipinski definition) is 5. The zero-order valence-corrected chi connectivity index (χ0v) is 13.8. The molecule has 0 radical (unpaired) electrons. The second-order valence-corrected chi connectivity index (χ2v) is 6.75. The van der Waals surface area contributed by atoms with Crippen molar-refractivity contribution >= 4 is 56.5 Å². The highest BCUT2D eigenvalue weighted by Crippen LogP contribution is 2.23. The number of nitrogens with zero attached hydrogens (tertiary/aromatic N) is 1. The SMILES string of the molecule is O=C(CSc1nc2ccsc2c(=O)[nH]1)Nc1cc(F)ccc1Cl. The van der Waals surface area contributed by atoms with Gasteiger partial charge < -0.3 is 10.3 Å². The van der Waals surface area contributed by atoms with Gasteiger partial charge in [0, 0.05) is 0 Å². The van der Waals surface area contributed by atoms with Gasteiger partial charge in [-0.15, -0.1) is 11.3 Å². The van der Waals surface area contributed by atoms with E-state index in [0.29, 0.717) is 15.4 Å². The van der Waals surface area contributed by atoms with Crippen molar-refractivity contribution in [2.45, 2.75) is 5.16 Å². The third-order valence-electron chi connectivity index (χ3n) is 2.84. The fourth-order valence-corrected chi connectivity index (χ4v) is 3.39. The van der Waals surface area contributed by atoms with Gasteiger partial charge in [-0.25, -0.2) is 9.37 Å². The predicted octanol–water partition coefficient (Wildman–Crippen LogP) is 3.51. The Bertz CT molecular complexity index is 941. The number of carbonyl (C=O) groups excluding carboxylic acids is 1. The highest BCUT2D eigenvalue weighted by molar-refractivity contribution is 7.99. The van der Waals surface area contributed by atoms with Gasteiger partial charge in [-0.05, 0) is 29.6 Å². The van der Waals surface area contributed by atoms with Gasteiger partial charge in [0.2, 0.25) is 5.91 Å². The van der Waals surface area contributed by atoms with E-state index in [4.69, 9.17) is 11.6 Å². The molecule has 0 saturated heterocycles. The number of benzene rings is 1. The summed E-state index contributed by atoms with van der Waals surface area (Å²) in [6.07, 6.45) is 0. The summed E-state index contributed by atoms with van der Waals surface area (Å²) in [6, 6.07) is 5.45. The van der Waals surface area contributed by atoms with Crippen molar-refractivity contribution in [3.8, 4) is 0 Å². The summed E-state index contributed by atoms with van der Waals surface area (Å²) < 4.78 is 13.7. The molecule has 3 aromatic rings. The minimum atomic E-state index is -0.494. The van der Waals surface area contributed by atoms with Crippen LogP contribution >= 0.6 is 34.7 Å². The van der Waals surface area contributed by atoms with Gasteiger partial charge in [0.25, 0.3) is 5.56 Å². The Morgan fingerprint density at radius 2 is 2.26 bits per heavy atom. The molecule has 1 aromatic carbocycles. The van der Waals surface area contributed by atoms with Gasteiger partial charge in [-0.2, -0.15) is 0 Å². The van der Waals surface area contributed by atoms with Crippen LogP contribution in [0.1, 0.15) is 0 Å². The van der Waals surface area contributed by atoms with Crippen LogP contribution in [0.25, 0.3) is 10.2 Å². The highest BCUT2D eigenvalue weighted by atomic mass is 35.5. The Morgan fingerprint density at radius 1 is 1.43 bits per heavy atom. The summed E-state index contributed by atoms with van der Waals surface area (Å²) in [4.78, 5) is 30.6. The Hall–Kier alpha value is -1.90. The van der Waals surface area contributed by atoms with Crippen LogP contribution in [0.3, 0.4) is 0 Å². The first kappa shape index (κ1) is 16.0. The van der Waals surface area contributed by atoms with Crippen molar-refractivity contribution in [3.63, 3.8) is 0 Å². The quantitative estimate of drug-likeness (QED) is 0.545. The molecule has 0 aliphatic carbocycles. The van der Waals surface area contributed by atoms with Crippen molar-refractivity contribution in [3.05, 3.63) is 50.8 Å². The van der Waals surface area contributed by atoms with E-state index in [1.54, 1.807) is 11.4 Å². The summed E-state index contributed by atoms with van der Waals surface area (Å²) in [6.45, 7) is 0. The molecule has 0 fully saturated rings. The van der Waals surface area contributed by atoms with Crippen LogP contribution < -0.4 is 10.9 Å². The maximum absolute atomic E-state index is 13.1. The Morgan fingerprint density at radius 3 is 3.09 bits per heavy atom. The molecule has 5 nitrogen and oxygen atoms in total. The van der Waals surface area contributed by atoms with E-state index in [1.807, 2.05) is 0 Å². The van der Waals surface area contributed by atoms with Crippen LogP contribution in [0.5, 0.6) is 0 Å². The molecule has 0 bridgehead atoms. The number of aromatic amines is 1. The molecule has 1 amide bonds. The molecule has 2 N–H and O–H groups in total. The van der Waals surface area contributed by atoms with Crippen LogP contribution in [0, 0.1) is 5.82 Å². The fourth-order valence-electron chi connectivity index (χ4n) is 1.83. The number of rotatable bonds is 4. The monoisotopic (exact) mass is 369 g/mol. The first-order valence-electron chi connectivity index (χ1n) is 6.38. The lowest BCUT2D eigenvalue weighted by atomic mass is 10.3. The van der Waals surface area contributed by atoms with E-state index in [0.717, 1.165) is 17.8 Å². The van der Waals surface area contributed by atoms with E-state index < -0.39 is 5.82 Å². The van der Waals surface area contributed by atoms with Crippen molar-refractivity contribution in [1.82, 2.24) is 9.97 Å². The van der Waals surface area contributed by atoms with Crippen molar-refractivity contribution in [1.29, 1.82) is 0 Å². The van der Waals surface area contributed by atoms with Crippen molar-refractivity contribution < 1.29 is 9.18 Å². The van der Waals surface area contributed by atoms with Gasteiger partial charge in [0.15, 0.2) is 5.16 Å². The summed E-state index contributed by atoms with van der Waals surface area (Å²) in [5.74, 6) is -0.868. The summed E-state index contributed by atoms with van der Waals surface area (Å²) in [7, 11) is 0. The van der Waals surface area contributed by atoms with Crippen LogP contribution in [-0.2, 0) is 4.79 Å². The van der Waals surface area contributed by atoms with Crippen molar-refractivity contribution in [2.75, 3.05) is 11.1 Å². The van der Waals surface area contributed by atoms with Crippen molar-refractivity contribution in [2.24, 2.45) is 0 Å². The number of thiophene rings is 1. The Labute approximate surface area is 142 Å². The molecule has 9 heteroatoms. The predicted molar refractivity (Wildman–Crippen MR) is 91.0 cm³/mol. The smallest absolute Gasteiger partial charge is 0.269 e. The van der Waals surface area contributed by atoms with E-state index in [9.17, 15) is 14.0 Å². The molecular weight excluding hydrogens is 361 g/mol. The van der Waals surface area contributed by atoms with Gasteiger partial charge in [-0.3, -0.25) is 9.59 Å². The molecule has 118 valence electrons. The molecule has 3 rings (SSSR count). The van der Waals surface area contributed by atoms with Gasteiger partial charge in [0.05, 0.1) is 22.0 Å². The Kier molecular flexibility index (Phi) is 4.65. The van der Waals surface area contributed by atoms with Crippen LogP contribution in [-0.4, -0.2) is 21.6 Å². The zero-order chi connectivity index (χ0) is 16.4. The second kappa shape index (κ2) is 6.69. The minimum absolute atomic E-state index is 0.00538. The van der Waals surface area contributed by atoms with Gasteiger partial charge in [0.1, 0.15) is 10.5 Å². The van der Waals surface area contributed by atoms with Crippen LogP contribution in [0.4, 0.5) is 10.1 Å². The lowest BCUT2D eigenvalue weighted by molar-refractivity contribution is -0.113. The molecule has 0 aliphatic rings. The fraction of sp³-hybridized carbons (Fsp3) is 0.0714. The topological polar surface area (TPSA) is 74.8 Å². The first-order chi connectivity index (χ1) is 11.0. The number of carbonyl (C=O) groups is 1. The zero-order valence-electron chi connectivity index (χ0n) is 11.4. The molecule has 2 aromatic heterocycles. The first-order valence-corrected chi connectivity index (χ1v) is 8.62. The number of thioether (sulfide) groups is 1. The summed E-state index contributed by atoms with van der Waals surface area (Å²) >= 11 is 8.27. The van der Waals surface area contributed by atoms with E-state index in [-0.39, 0.29) is 27.9 Å². The maximum Gasteiger partial charge on any atom is 0.269 e. The van der Waals surface area contributed by atoms with Gasteiger partial charge >= 0.3 is 0 Å². The average Bonchev–Trinajstić information content (AvgIpc) is 2.98. The third-order valence-corrected chi connectivity index (χ3v) is 4.94. The second-order valence-electron chi connectivity index (χ2n) is 4.47. The lowest BCUT2D eigenvalue weighted by Gasteiger charge is -2.07.